The first-order valence-electron chi connectivity index (χ1n) is 6.63. The first kappa shape index (κ1) is 12.2. The molecule has 2 aromatic rings. The molecule has 0 amide bonds. The van der Waals surface area contributed by atoms with Gasteiger partial charge in [0.15, 0.2) is 0 Å². The maximum Gasteiger partial charge on any atom is 0.114 e. The van der Waals surface area contributed by atoms with Crippen molar-refractivity contribution in [3.63, 3.8) is 0 Å². The van der Waals surface area contributed by atoms with E-state index in [9.17, 15) is 0 Å². The summed E-state index contributed by atoms with van der Waals surface area (Å²) in [6, 6.07) is 4.86. The molecule has 0 aliphatic carbocycles. The molecular weight excluding hydrogens is 290 g/mol. The Hall–Kier alpha value is -0.870. The van der Waals surface area contributed by atoms with Crippen LogP contribution in [-0.2, 0) is 6.42 Å². The van der Waals surface area contributed by atoms with Crippen LogP contribution in [0.4, 0.5) is 0 Å². The lowest BCUT2D eigenvalue weighted by Crippen LogP contribution is -2.31. The summed E-state index contributed by atoms with van der Waals surface area (Å²) in [5.74, 6) is 1.18. The van der Waals surface area contributed by atoms with Crippen molar-refractivity contribution >= 4 is 21.4 Å². The molecule has 1 atom stereocenters. The Labute approximate surface area is 116 Å². The van der Waals surface area contributed by atoms with E-state index in [1.165, 1.54) is 30.7 Å². The summed E-state index contributed by atoms with van der Waals surface area (Å²) in [5, 5.41) is 0. The van der Waals surface area contributed by atoms with E-state index in [0.717, 1.165) is 17.4 Å². The van der Waals surface area contributed by atoms with Crippen molar-refractivity contribution in [1.29, 1.82) is 0 Å². The van der Waals surface area contributed by atoms with Gasteiger partial charge in [0.2, 0.25) is 0 Å². The standard InChI is InChI=1S/C14H18BrN3/c1-2-17-6-3-4-12(17)9-14-16-10-13-8-11(15)5-7-18(13)14/h5,7-8,10,12H,2-4,6,9H2,1H3. The predicted molar refractivity (Wildman–Crippen MR) is 76.9 cm³/mol. The van der Waals surface area contributed by atoms with Crippen LogP contribution in [0.2, 0.25) is 0 Å². The SMILES string of the molecule is CCN1CCCC1Cc1ncc2cc(Br)ccn12. The van der Waals surface area contributed by atoms with Crippen LogP contribution >= 0.6 is 15.9 Å². The molecule has 1 aliphatic rings. The second-order valence-corrected chi connectivity index (χ2v) is 5.86. The van der Waals surface area contributed by atoms with E-state index in [2.05, 4.69) is 55.5 Å². The summed E-state index contributed by atoms with van der Waals surface area (Å²) in [5.41, 5.74) is 1.17. The molecule has 1 fully saturated rings. The van der Waals surface area contributed by atoms with Crippen LogP contribution in [0.5, 0.6) is 0 Å². The van der Waals surface area contributed by atoms with Crippen molar-refractivity contribution < 1.29 is 0 Å². The van der Waals surface area contributed by atoms with Crippen molar-refractivity contribution in [3.8, 4) is 0 Å². The zero-order valence-electron chi connectivity index (χ0n) is 10.6. The van der Waals surface area contributed by atoms with Crippen LogP contribution in [-0.4, -0.2) is 33.4 Å². The highest BCUT2D eigenvalue weighted by atomic mass is 79.9. The average molecular weight is 308 g/mol. The molecule has 2 aromatic heterocycles. The van der Waals surface area contributed by atoms with E-state index in [0.29, 0.717) is 6.04 Å². The van der Waals surface area contributed by atoms with Crippen LogP contribution in [0.1, 0.15) is 25.6 Å². The van der Waals surface area contributed by atoms with Gasteiger partial charge >= 0.3 is 0 Å². The second kappa shape index (κ2) is 5.02. The van der Waals surface area contributed by atoms with Crippen molar-refractivity contribution in [1.82, 2.24) is 14.3 Å². The minimum atomic E-state index is 0.671. The summed E-state index contributed by atoms with van der Waals surface area (Å²) in [6.45, 7) is 4.65. The van der Waals surface area contributed by atoms with E-state index in [1.807, 2.05) is 6.20 Å². The number of halogens is 1. The number of imidazole rings is 1. The highest BCUT2D eigenvalue weighted by Gasteiger charge is 2.24. The van der Waals surface area contributed by atoms with Crippen molar-refractivity contribution in [2.45, 2.75) is 32.2 Å². The van der Waals surface area contributed by atoms with E-state index < -0.39 is 0 Å². The van der Waals surface area contributed by atoms with E-state index in [4.69, 9.17) is 0 Å². The first-order chi connectivity index (χ1) is 8.78. The summed E-state index contributed by atoms with van der Waals surface area (Å²) in [7, 11) is 0. The van der Waals surface area contributed by atoms with E-state index in [1.54, 1.807) is 0 Å². The van der Waals surface area contributed by atoms with Gasteiger partial charge in [0.25, 0.3) is 0 Å². The number of hydrogen-bond acceptors (Lipinski definition) is 2. The summed E-state index contributed by atoms with van der Waals surface area (Å²) < 4.78 is 3.31. The summed E-state index contributed by atoms with van der Waals surface area (Å²) >= 11 is 3.50. The number of pyridine rings is 1. The fourth-order valence-corrected chi connectivity index (χ4v) is 3.29. The molecule has 3 nitrogen and oxygen atoms in total. The molecular formula is C14H18BrN3. The predicted octanol–water partition coefficient (Wildman–Crippen LogP) is 3.12. The largest absolute Gasteiger partial charge is 0.304 e. The number of fused-ring (bicyclic) bond motifs is 1. The number of aromatic nitrogens is 2. The van der Waals surface area contributed by atoms with Gasteiger partial charge in [0.05, 0.1) is 11.7 Å². The maximum atomic E-state index is 4.58. The zero-order chi connectivity index (χ0) is 12.5. The summed E-state index contributed by atoms with van der Waals surface area (Å²) in [6.07, 6.45) is 7.76. The third-order valence-corrected chi connectivity index (χ3v) is 4.39. The molecule has 3 rings (SSSR count). The van der Waals surface area contributed by atoms with Gasteiger partial charge in [0, 0.05) is 23.1 Å². The second-order valence-electron chi connectivity index (χ2n) is 4.94. The minimum absolute atomic E-state index is 0.671. The zero-order valence-corrected chi connectivity index (χ0v) is 12.2. The quantitative estimate of drug-likeness (QED) is 0.868. The van der Waals surface area contributed by atoms with Crippen LogP contribution in [0.15, 0.2) is 29.0 Å². The smallest absolute Gasteiger partial charge is 0.114 e. The average Bonchev–Trinajstić information content (AvgIpc) is 2.96. The van der Waals surface area contributed by atoms with Gasteiger partial charge in [-0.1, -0.05) is 22.9 Å². The fourth-order valence-electron chi connectivity index (χ4n) is 2.93. The Kier molecular flexibility index (Phi) is 3.39. The van der Waals surface area contributed by atoms with Crippen LogP contribution in [0.3, 0.4) is 0 Å². The number of likely N-dealkylation sites (tertiary alicyclic amines) is 1. The van der Waals surface area contributed by atoms with E-state index in [-0.39, 0.29) is 0 Å². The maximum absolute atomic E-state index is 4.58. The molecule has 1 unspecified atom stereocenters. The molecule has 0 spiro atoms. The van der Waals surface area contributed by atoms with Crippen LogP contribution in [0, 0.1) is 0 Å². The Morgan fingerprint density at radius 2 is 2.39 bits per heavy atom. The number of rotatable bonds is 3. The Morgan fingerprint density at radius 1 is 1.50 bits per heavy atom. The van der Waals surface area contributed by atoms with Gasteiger partial charge in [-0.15, -0.1) is 0 Å². The van der Waals surface area contributed by atoms with Gasteiger partial charge in [-0.05, 0) is 38.1 Å². The normalized spacial score (nSPS) is 20.9. The van der Waals surface area contributed by atoms with Crippen molar-refractivity contribution in [3.05, 3.63) is 34.8 Å². The minimum Gasteiger partial charge on any atom is -0.304 e. The molecule has 0 radical (unpaired) electrons. The van der Waals surface area contributed by atoms with Crippen LogP contribution < -0.4 is 0 Å². The Morgan fingerprint density at radius 3 is 3.22 bits per heavy atom. The Bertz CT molecular complexity index is 549. The highest BCUT2D eigenvalue weighted by molar-refractivity contribution is 9.10. The van der Waals surface area contributed by atoms with Gasteiger partial charge in [-0.2, -0.15) is 0 Å². The molecule has 0 N–H and O–H groups in total. The van der Waals surface area contributed by atoms with Gasteiger partial charge in [-0.3, -0.25) is 0 Å². The number of hydrogen-bond donors (Lipinski definition) is 0. The topological polar surface area (TPSA) is 20.5 Å². The molecule has 1 aliphatic heterocycles. The monoisotopic (exact) mass is 307 g/mol. The lowest BCUT2D eigenvalue weighted by molar-refractivity contribution is 0.263. The number of likely N-dealkylation sites (N-methyl/N-ethyl adjacent to an activating group) is 1. The van der Waals surface area contributed by atoms with Gasteiger partial charge < -0.3 is 9.30 Å². The van der Waals surface area contributed by atoms with Gasteiger partial charge in [0.1, 0.15) is 5.82 Å². The fraction of sp³-hybridized carbons (Fsp3) is 0.500. The highest BCUT2D eigenvalue weighted by Crippen LogP contribution is 2.21. The molecule has 0 saturated carbocycles. The van der Waals surface area contributed by atoms with Gasteiger partial charge in [-0.25, -0.2) is 4.98 Å². The van der Waals surface area contributed by atoms with E-state index >= 15 is 0 Å². The first-order valence-corrected chi connectivity index (χ1v) is 7.43. The number of nitrogens with zero attached hydrogens (tertiary/aromatic N) is 3. The molecule has 3 heterocycles. The molecule has 18 heavy (non-hydrogen) atoms. The van der Waals surface area contributed by atoms with Crippen molar-refractivity contribution in [2.24, 2.45) is 0 Å². The molecule has 1 saturated heterocycles. The van der Waals surface area contributed by atoms with Crippen LogP contribution in [0.25, 0.3) is 5.52 Å². The Balaban J connectivity index is 1.86. The lowest BCUT2D eigenvalue weighted by atomic mass is 10.1. The molecule has 0 aromatic carbocycles. The lowest BCUT2D eigenvalue weighted by Gasteiger charge is -2.22. The summed E-state index contributed by atoms with van der Waals surface area (Å²) in [4.78, 5) is 7.15. The molecule has 96 valence electrons. The van der Waals surface area contributed by atoms with Crippen molar-refractivity contribution in [2.75, 3.05) is 13.1 Å². The third kappa shape index (κ3) is 2.19. The molecule has 4 heteroatoms. The molecule has 0 bridgehead atoms. The third-order valence-electron chi connectivity index (χ3n) is 3.89.